The molecule has 1 aromatic rings. The van der Waals surface area contributed by atoms with Crippen LogP contribution in [0.5, 0.6) is 5.75 Å². The molecule has 4 aliphatic carbocycles. The smallest absolute Gasteiger partial charge is 0.251 e. The summed E-state index contributed by atoms with van der Waals surface area (Å²) in [6.07, 6.45) is 7.55. The van der Waals surface area contributed by atoms with E-state index in [1.165, 1.54) is 19.3 Å². The lowest BCUT2D eigenvalue weighted by molar-refractivity contribution is -0.0167. The summed E-state index contributed by atoms with van der Waals surface area (Å²) in [6, 6.07) is 5.03. The Bertz CT molecular complexity index is 563. The van der Waals surface area contributed by atoms with Crippen LogP contribution in [-0.2, 0) is 0 Å². The molecule has 21 heavy (non-hydrogen) atoms. The van der Waals surface area contributed by atoms with Gasteiger partial charge in [0, 0.05) is 11.1 Å². The lowest BCUT2D eigenvalue weighted by Gasteiger charge is -2.56. The van der Waals surface area contributed by atoms with Crippen molar-refractivity contribution in [3.8, 4) is 5.75 Å². The van der Waals surface area contributed by atoms with E-state index >= 15 is 0 Å². The maximum absolute atomic E-state index is 12.6. The van der Waals surface area contributed by atoms with Crippen molar-refractivity contribution in [2.75, 3.05) is 0 Å². The minimum absolute atomic E-state index is 0.0223. The van der Waals surface area contributed by atoms with Crippen LogP contribution in [0.3, 0.4) is 0 Å². The van der Waals surface area contributed by atoms with Crippen molar-refractivity contribution in [3.05, 3.63) is 28.2 Å². The number of phenols is 1. The molecule has 5 rings (SSSR count). The molecule has 0 unspecified atom stereocenters. The summed E-state index contributed by atoms with van der Waals surface area (Å²) in [5.74, 6) is 2.52. The highest BCUT2D eigenvalue weighted by Crippen LogP contribution is 2.55. The number of phenolic OH excluding ortho intramolecular Hbond substituents is 1. The first-order valence-electron chi connectivity index (χ1n) is 7.84. The third-order valence-electron chi connectivity index (χ3n) is 5.63. The first kappa shape index (κ1) is 13.6. The number of amides is 1. The summed E-state index contributed by atoms with van der Waals surface area (Å²) in [4.78, 5) is 12.6. The van der Waals surface area contributed by atoms with Crippen LogP contribution >= 0.6 is 15.9 Å². The fourth-order valence-electron chi connectivity index (χ4n) is 5.23. The van der Waals surface area contributed by atoms with Gasteiger partial charge in [-0.2, -0.15) is 0 Å². The highest BCUT2D eigenvalue weighted by atomic mass is 79.9. The summed E-state index contributed by atoms with van der Waals surface area (Å²) in [7, 11) is 0. The zero-order valence-corrected chi connectivity index (χ0v) is 13.5. The van der Waals surface area contributed by atoms with E-state index in [0.717, 1.165) is 37.0 Å². The Morgan fingerprint density at radius 2 is 1.71 bits per heavy atom. The fourth-order valence-corrected chi connectivity index (χ4v) is 5.48. The van der Waals surface area contributed by atoms with E-state index in [9.17, 15) is 9.90 Å². The van der Waals surface area contributed by atoms with Crippen molar-refractivity contribution in [2.45, 2.75) is 44.1 Å². The van der Waals surface area contributed by atoms with Crippen LogP contribution in [0.15, 0.2) is 22.7 Å². The van der Waals surface area contributed by atoms with Crippen LogP contribution in [-0.4, -0.2) is 16.6 Å². The highest BCUT2D eigenvalue weighted by Gasteiger charge is 2.51. The zero-order valence-electron chi connectivity index (χ0n) is 11.9. The molecule has 4 fully saturated rings. The van der Waals surface area contributed by atoms with E-state index in [2.05, 4.69) is 21.2 Å². The summed E-state index contributed by atoms with van der Waals surface area (Å²) in [5.41, 5.74) is 0.570. The van der Waals surface area contributed by atoms with Crippen molar-refractivity contribution >= 4 is 21.8 Å². The second-order valence-corrected chi connectivity index (χ2v) is 8.17. The van der Waals surface area contributed by atoms with E-state index in [-0.39, 0.29) is 17.2 Å². The Labute approximate surface area is 133 Å². The number of carbonyl (C=O) groups excluding carboxylic acids is 1. The van der Waals surface area contributed by atoms with Crippen LogP contribution in [0, 0.1) is 17.8 Å². The first-order valence-corrected chi connectivity index (χ1v) is 8.63. The summed E-state index contributed by atoms with van der Waals surface area (Å²) in [6.45, 7) is 0. The standard InChI is InChI=1S/C17H20BrNO2/c18-14-2-1-13(6-15(14)20)16(21)19-17-7-10-3-11(8-17)5-12(4-10)9-17/h1-2,6,10-12,20H,3-5,7-9H2,(H,19,21). The third-order valence-corrected chi connectivity index (χ3v) is 6.30. The van der Waals surface area contributed by atoms with Gasteiger partial charge in [0.05, 0.1) is 4.47 Å². The normalized spacial score (nSPS) is 36.7. The molecule has 4 bridgehead atoms. The molecule has 0 saturated heterocycles. The molecule has 3 nitrogen and oxygen atoms in total. The number of aromatic hydroxyl groups is 1. The van der Waals surface area contributed by atoms with E-state index in [1.54, 1.807) is 18.2 Å². The Hall–Kier alpha value is -1.03. The molecule has 4 heteroatoms. The molecule has 0 radical (unpaired) electrons. The van der Waals surface area contributed by atoms with Crippen LogP contribution in [0.4, 0.5) is 0 Å². The second kappa shape index (κ2) is 4.73. The molecule has 1 amide bonds. The van der Waals surface area contributed by atoms with E-state index < -0.39 is 0 Å². The fraction of sp³-hybridized carbons (Fsp3) is 0.588. The van der Waals surface area contributed by atoms with E-state index in [0.29, 0.717) is 10.0 Å². The predicted molar refractivity (Wildman–Crippen MR) is 84.2 cm³/mol. The van der Waals surface area contributed by atoms with Crippen molar-refractivity contribution in [3.63, 3.8) is 0 Å². The van der Waals surface area contributed by atoms with Gasteiger partial charge in [0.1, 0.15) is 5.75 Å². The van der Waals surface area contributed by atoms with Gasteiger partial charge >= 0.3 is 0 Å². The van der Waals surface area contributed by atoms with Crippen molar-refractivity contribution in [1.82, 2.24) is 5.32 Å². The summed E-state index contributed by atoms with van der Waals surface area (Å²) in [5, 5.41) is 13.1. The van der Waals surface area contributed by atoms with Crippen molar-refractivity contribution < 1.29 is 9.90 Å². The number of halogens is 1. The quantitative estimate of drug-likeness (QED) is 0.851. The van der Waals surface area contributed by atoms with E-state index in [1.807, 2.05) is 0 Å². The Morgan fingerprint density at radius 1 is 1.14 bits per heavy atom. The van der Waals surface area contributed by atoms with Gasteiger partial charge in [-0.3, -0.25) is 4.79 Å². The molecule has 4 aliphatic rings. The number of benzene rings is 1. The predicted octanol–water partition coefficient (Wildman–Crippen LogP) is 3.85. The van der Waals surface area contributed by atoms with Crippen LogP contribution in [0.2, 0.25) is 0 Å². The van der Waals surface area contributed by atoms with Crippen LogP contribution in [0.25, 0.3) is 0 Å². The molecule has 2 N–H and O–H groups in total. The van der Waals surface area contributed by atoms with Crippen LogP contribution < -0.4 is 5.32 Å². The maximum Gasteiger partial charge on any atom is 0.251 e. The zero-order chi connectivity index (χ0) is 14.6. The largest absolute Gasteiger partial charge is 0.507 e. The minimum atomic E-state index is -0.0419. The lowest BCUT2D eigenvalue weighted by Crippen LogP contribution is -2.59. The number of carbonyl (C=O) groups is 1. The third kappa shape index (κ3) is 2.37. The molecule has 0 heterocycles. The van der Waals surface area contributed by atoms with Gasteiger partial charge < -0.3 is 10.4 Å². The van der Waals surface area contributed by atoms with Gasteiger partial charge in [-0.05, 0) is 90.4 Å². The monoisotopic (exact) mass is 349 g/mol. The Balaban J connectivity index is 1.55. The molecular weight excluding hydrogens is 330 g/mol. The molecule has 4 saturated carbocycles. The topological polar surface area (TPSA) is 49.3 Å². The Morgan fingerprint density at radius 3 is 2.24 bits per heavy atom. The maximum atomic E-state index is 12.6. The van der Waals surface area contributed by atoms with Gasteiger partial charge in [0.25, 0.3) is 5.91 Å². The summed E-state index contributed by atoms with van der Waals surface area (Å²) >= 11 is 3.25. The second-order valence-electron chi connectivity index (χ2n) is 7.32. The van der Waals surface area contributed by atoms with Crippen LogP contribution in [0.1, 0.15) is 48.9 Å². The molecule has 0 spiro atoms. The van der Waals surface area contributed by atoms with Gasteiger partial charge in [-0.25, -0.2) is 0 Å². The van der Waals surface area contributed by atoms with Gasteiger partial charge in [-0.15, -0.1) is 0 Å². The number of hydrogen-bond donors (Lipinski definition) is 2. The molecule has 0 aliphatic heterocycles. The number of nitrogens with one attached hydrogen (secondary N) is 1. The molecular formula is C17H20BrNO2. The van der Waals surface area contributed by atoms with Gasteiger partial charge in [0.15, 0.2) is 0 Å². The molecule has 1 aromatic carbocycles. The molecule has 0 atom stereocenters. The Kier molecular flexibility index (Phi) is 3.07. The van der Waals surface area contributed by atoms with E-state index in [4.69, 9.17) is 0 Å². The SMILES string of the molecule is O=C(NC12CC3CC(CC(C3)C1)C2)c1ccc(Br)c(O)c1. The van der Waals surface area contributed by atoms with Crippen molar-refractivity contribution in [1.29, 1.82) is 0 Å². The average molecular weight is 350 g/mol. The average Bonchev–Trinajstić information content (AvgIpc) is 2.39. The van der Waals surface area contributed by atoms with Gasteiger partial charge in [0.2, 0.25) is 0 Å². The molecule has 0 aromatic heterocycles. The minimum Gasteiger partial charge on any atom is -0.507 e. The number of rotatable bonds is 2. The van der Waals surface area contributed by atoms with Gasteiger partial charge in [-0.1, -0.05) is 0 Å². The highest BCUT2D eigenvalue weighted by molar-refractivity contribution is 9.10. The lowest BCUT2D eigenvalue weighted by atomic mass is 9.53. The summed E-state index contributed by atoms with van der Waals surface area (Å²) < 4.78 is 0.619. The van der Waals surface area contributed by atoms with Crippen molar-refractivity contribution in [2.24, 2.45) is 17.8 Å². The number of hydrogen-bond acceptors (Lipinski definition) is 2. The molecule has 112 valence electrons. The first-order chi connectivity index (χ1) is 10.0.